The van der Waals surface area contributed by atoms with Gasteiger partial charge in [-0.05, 0) is 31.4 Å². The molecule has 5 nitrogen and oxygen atoms in total. The van der Waals surface area contributed by atoms with E-state index in [0.29, 0.717) is 30.6 Å². The second kappa shape index (κ2) is 5.86. The number of aryl methyl sites for hydroxylation is 1. The number of hydrogen-bond donors (Lipinski definition) is 1. The topological polar surface area (TPSA) is 74.7 Å². The molecule has 1 N–H and O–H groups in total. The zero-order chi connectivity index (χ0) is 14.7. The molecule has 0 unspecified atom stereocenters. The van der Waals surface area contributed by atoms with Gasteiger partial charge in [-0.2, -0.15) is 0 Å². The van der Waals surface area contributed by atoms with E-state index in [-0.39, 0.29) is 6.42 Å². The summed E-state index contributed by atoms with van der Waals surface area (Å²) in [6.45, 7) is 2.34. The summed E-state index contributed by atoms with van der Waals surface area (Å²) in [4.78, 5) is 35.8. The normalized spacial score (nSPS) is 13.8. The molecule has 1 aromatic rings. The van der Waals surface area contributed by atoms with Crippen LogP contribution in [0.4, 0.5) is 5.69 Å². The number of Topliss-reactive ketones (excluding diaryl/α,β-unsaturated/α-hetero) is 1. The quantitative estimate of drug-likeness (QED) is 0.637. The van der Waals surface area contributed by atoms with Crippen LogP contribution in [-0.4, -0.2) is 29.3 Å². The van der Waals surface area contributed by atoms with Gasteiger partial charge in [-0.25, -0.2) is 0 Å². The van der Waals surface area contributed by atoms with Crippen molar-refractivity contribution in [2.45, 2.75) is 32.6 Å². The molecule has 0 saturated carbocycles. The number of carboxylic acid groups (broad SMARTS) is 1. The van der Waals surface area contributed by atoms with E-state index < -0.39 is 17.7 Å². The van der Waals surface area contributed by atoms with Gasteiger partial charge in [-0.15, -0.1) is 0 Å². The molecular weight excluding hydrogens is 258 g/mol. The van der Waals surface area contributed by atoms with Crippen LogP contribution in [0.5, 0.6) is 0 Å². The highest BCUT2D eigenvalue weighted by Crippen LogP contribution is 2.32. The van der Waals surface area contributed by atoms with Crippen molar-refractivity contribution in [3.63, 3.8) is 0 Å². The van der Waals surface area contributed by atoms with Gasteiger partial charge in [0.2, 0.25) is 0 Å². The number of unbranched alkanes of at least 4 members (excludes halogenated alkanes) is 2. The Morgan fingerprint density at radius 2 is 1.95 bits per heavy atom. The molecule has 106 valence electrons. The molecule has 5 heteroatoms. The van der Waals surface area contributed by atoms with Crippen molar-refractivity contribution < 1.29 is 19.5 Å². The second-order valence-electron chi connectivity index (χ2n) is 4.96. The minimum absolute atomic E-state index is 0.141. The summed E-state index contributed by atoms with van der Waals surface area (Å²) in [6, 6.07) is 5.32. The third kappa shape index (κ3) is 2.71. The molecule has 1 aliphatic rings. The number of carbonyl (C=O) groups is 3. The standard InChI is InChI=1S/C15H17NO4/c1-10-6-5-7-11-13(10)16(15(20)14(11)19)9-4-2-3-8-12(17)18/h5-7H,2-4,8-9H2,1H3,(H,17,18). The van der Waals surface area contributed by atoms with Crippen molar-refractivity contribution >= 4 is 23.3 Å². The summed E-state index contributed by atoms with van der Waals surface area (Å²) < 4.78 is 0. The van der Waals surface area contributed by atoms with Gasteiger partial charge in [0.1, 0.15) is 0 Å². The summed E-state index contributed by atoms with van der Waals surface area (Å²) in [5.41, 5.74) is 2.09. The van der Waals surface area contributed by atoms with Gasteiger partial charge in [0.05, 0.1) is 11.3 Å². The number of carbonyl (C=O) groups excluding carboxylic acids is 2. The molecule has 20 heavy (non-hydrogen) atoms. The first-order valence-corrected chi connectivity index (χ1v) is 6.70. The number of rotatable bonds is 6. The van der Waals surface area contributed by atoms with Crippen LogP contribution in [0.1, 0.15) is 41.6 Å². The van der Waals surface area contributed by atoms with Crippen molar-refractivity contribution in [3.8, 4) is 0 Å². The summed E-state index contributed by atoms with van der Waals surface area (Å²) in [7, 11) is 0. The van der Waals surface area contributed by atoms with E-state index in [2.05, 4.69) is 0 Å². The Morgan fingerprint density at radius 1 is 1.20 bits per heavy atom. The van der Waals surface area contributed by atoms with Crippen molar-refractivity contribution in [1.82, 2.24) is 0 Å². The smallest absolute Gasteiger partial charge is 0.303 e. The predicted molar refractivity (Wildman–Crippen MR) is 74.0 cm³/mol. The number of benzene rings is 1. The van der Waals surface area contributed by atoms with Crippen molar-refractivity contribution in [2.24, 2.45) is 0 Å². The Kier molecular flexibility index (Phi) is 4.17. The zero-order valence-electron chi connectivity index (χ0n) is 11.4. The maximum Gasteiger partial charge on any atom is 0.303 e. The minimum Gasteiger partial charge on any atom is -0.481 e. The molecule has 0 saturated heterocycles. The minimum atomic E-state index is -0.807. The van der Waals surface area contributed by atoms with Crippen molar-refractivity contribution in [3.05, 3.63) is 29.3 Å². The molecule has 0 fully saturated rings. The summed E-state index contributed by atoms with van der Waals surface area (Å²) >= 11 is 0. The molecule has 0 radical (unpaired) electrons. The van der Waals surface area contributed by atoms with Gasteiger partial charge in [-0.3, -0.25) is 14.4 Å². The fourth-order valence-electron chi connectivity index (χ4n) is 2.48. The van der Waals surface area contributed by atoms with Crippen molar-refractivity contribution in [1.29, 1.82) is 0 Å². The average Bonchev–Trinajstić information content (AvgIpc) is 2.64. The van der Waals surface area contributed by atoms with E-state index in [9.17, 15) is 14.4 Å². The lowest BCUT2D eigenvalue weighted by atomic mass is 10.1. The number of nitrogens with zero attached hydrogens (tertiary/aromatic N) is 1. The van der Waals surface area contributed by atoms with Gasteiger partial charge in [0.25, 0.3) is 11.7 Å². The van der Waals surface area contributed by atoms with Gasteiger partial charge < -0.3 is 10.0 Å². The number of amides is 1. The van der Waals surface area contributed by atoms with Crippen LogP contribution in [0.25, 0.3) is 0 Å². The predicted octanol–water partition coefficient (Wildman–Crippen LogP) is 2.17. The van der Waals surface area contributed by atoms with E-state index in [1.165, 1.54) is 4.90 Å². The first kappa shape index (κ1) is 14.2. The molecule has 0 spiro atoms. The fraction of sp³-hybridized carbons (Fsp3) is 0.400. The van der Waals surface area contributed by atoms with E-state index in [1.54, 1.807) is 12.1 Å². The van der Waals surface area contributed by atoms with Gasteiger partial charge in [0.15, 0.2) is 0 Å². The third-order valence-corrected chi connectivity index (χ3v) is 3.46. The van der Waals surface area contributed by atoms with Crippen LogP contribution in [0.2, 0.25) is 0 Å². The molecule has 1 heterocycles. The summed E-state index contributed by atoms with van der Waals surface area (Å²) in [5.74, 6) is -1.74. The lowest BCUT2D eigenvalue weighted by Gasteiger charge is -2.18. The molecule has 1 aliphatic heterocycles. The number of hydrogen-bond acceptors (Lipinski definition) is 3. The van der Waals surface area contributed by atoms with Crippen LogP contribution in [0.3, 0.4) is 0 Å². The molecule has 0 atom stereocenters. The number of ketones is 1. The number of carboxylic acids is 1. The molecule has 1 aromatic carbocycles. The Labute approximate surface area is 117 Å². The monoisotopic (exact) mass is 275 g/mol. The largest absolute Gasteiger partial charge is 0.481 e. The number of anilines is 1. The summed E-state index contributed by atoms with van der Waals surface area (Å²) in [6.07, 6.45) is 2.15. The van der Waals surface area contributed by atoms with E-state index >= 15 is 0 Å². The number of fused-ring (bicyclic) bond motifs is 1. The molecule has 0 aromatic heterocycles. The van der Waals surface area contributed by atoms with Crippen LogP contribution in [0, 0.1) is 6.92 Å². The summed E-state index contributed by atoms with van der Waals surface area (Å²) in [5, 5.41) is 8.56. The Morgan fingerprint density at radius 3 is 2.65 bits per heavy atom. The highest BCUT2D eigenvalue weighted by Gasteiger charge is 2.36. The Bertz CT molecular complexity index is 565. The molecule has 0 bridgehead atoms. The zero-order valence-corrected chi connectivity index (χ0v) is 11.4. The van der Waals surface area contributed by atoms with Crippen LogP contribution in [0.15, 0.2) is 18.2 Å². The molecule has 1 amide bonds. The highest BCUT2D eigenvalue weighted by molar-refractivity contribution is 6.52. The molecular formula is C15H17NO4. The van der Waals surface area contributed by atoms with Crippen LogP contribution in [-0.2, 0) is 9.59 Å². The third-order valence-electron chi connectivity index (χ3n) is 3.46. The fourth-order valence-corrected chi connectivity index (χ4v) is 2.48. The van der Waals surface area contributed by atoms with E-state index in [4.69, 9.17) is 5.11 Å². The van der Waals surface area contributed by atoms with Crippen LogP contribution >= 0.6 is 0 Å². The number of aliphatic carboxylic acids is 1. The van der Waals surface area contributed by atoms with Crippen molar-refractivity contribution in [2.75, 3.05) is 11.4 Å². The SMILES string of the molecule is Cc1cccc2c1N(CCCCCC(=O)O)C(=O)C2=O. The molecule has 0 aliphatic carbocycles. The highest BCUT2D eigenvalue weighted by atomic mass is 16.4. The van der Waals surface area contributed by atoms with Crippen LogP contribution < -0.4 is 4.90 Å². The van der Waals surface area contributed by atoms with E-state index in [0.717, 1.165) is 12.0 Å². The second-order valence-corrected chi connectivity index (χ2v) is 4.96. The molecule has 2 rings (SSSR count). The Balaban J connectivity index is 2.01. The average molecular weight is 275 g/mol. The first-order chi connectivity index (χ1) is 9.52. The number of para-hydroxylation sites is 1. The van der Waals surface area contributed by atoms with Gasteiger partial charge in [-0.1, -0.05) is 18.6 Å². The first-order valence-electron chi connectivity index (χ1n) is 6.70. The lowest BCUT2D eigenvalue weighted by molar-refractivity contribution is -0.137. The maximum atomic E-state index is 12.0. The van der Waals surface area contributed by atoms with E-state index in [1.807, 2.05) is 13.0 Å². The maximum absolute atomic E-state index is 12.0. The Hall–Kier alpha value is -2.17. The van der Waals surface area contributed by atoms with Gasteiger partial charge in [0, 0.05) is 13.0 Å². The van der Waals surface area contributed by atoms with Gasteiger partial charge >= 0.3 is 5.97 Å². The lowest BCUT2D eigenvalue weighted by Crippen LogP contribution is -2.31.